The quantitative estimate of drug-likeness (QED) is 0.626. The van der Waals surface area contributed by atoms with Gasteiger partial charge in [-0.05, 0) is 63.9 Å². The first-order valence-electron chi connectivity index (χ1n) is 9.87. The summed E-state index contributed by atoms with van der Waals surface area (Å²) in [6.45, 7) is 9.78. The van der Waals surface area contributed by atoms with Gasteiger partial charge in [-0.1, -0.05) is 13.8 Å². The van der Waals surface area contributed by atoms with Gasteiger partial charge in [-0.25, -0.2) is 9.67 Å². The van der Waals surface area contributed by atoms with E-state index in [4.69, 9.17) is 4.74 Å². The first-order valence-corrected chi connectivity index (χ1v) is 9.87. The molecule has 0 saturated carbocycles. The number of benzene rings is 1. The van der Waals surface area contributed by atoms with Crippen LogP contribution >= 0.6 is 0 Å². The number of ether oxygens (including phenoxy) is 1. The van der Waals surface area contributed by atoms with Gasteiger partial charge >= 0.3 is 0 Å². The molecule has 1 N–H and O–H groups in total. The molecular weight excluding hydrogens is 366 g/mol. The van der Waals surface area contributed by atoms with Crippen molar-refractivity contribution in [2.75, 3.05) is 5.32 Å². The minimum atomic E-state index is 0.0303. The molecular formula is C22H27N5O2. The zero-order valence-corrected chi connectivity index (χ0v) is 17.6. The molecule has 0 aliphatic heterocycles. The Labute approximate surface area is 171 Å². The van der Waals surface area contributed by atoms with E-state index in [2.05, 4.69) is 20.4 Å². The molecule has 29 heavy (non-hydrogen) atoms. The van der Waals surface area contributed by atoms with Crippen LogP contribution in [0.25, 0.3) is 5.82 Å². The Morgan fingerprint density at radius 1 is 1.07 bits per heavy atom. The molecule has 7 heteroatoms. The monoisotopic (exact) mass is 393 g/mol. The fraction of sp³-hybridized carbons (Fsp3) is 0.364. The number of amides is 1. The van der Waals surface area contributed by atoms with Crippen LogP contribution < -0.4 is 10.1 Å². The maximum absolute atomic E-state index is 12.2. The lowest BCUT2D eigenvalue weighted by Crippen LogP contribution is -2.21. The largest absolute Gasteiger partial charge is 0.439 e. The summed E-state index contributed by atoms with van der Waals surface area (Å²) in [6.07, 6.45) is 1.66. The number of carbonyl (C=O) groups is 1. The van der Waals surface area contributed by atoms with E-state index >= 15 is 0 Å². The third-order valence-corrected chi connectivity index (χ3v) is 4.73. The van der Waals surface area contributed by atoms with Gasteiger partial charge in [0.1, 0.15) is 11.6 Å². The van der Waals surface area contributed by atoms with E-state index in [9.17, 15) is 4.79 Å². The van der Waals surface area contributed by atoms with Gasteiger partial charge in [-0.3, -0.25) is 4.79 Å². The predicted octanol–water partition coefficient (Wildman–Crippen LogP) is 4.75. The van der Waals surface area contributed by atoms with E-state index in [1.165, 1.54) is 0 Å². The van der Waals surface area contributed by atoms with Gasteiger partial charge in [0.25, 0.3) is 0 Å². The third kappa shape index (κ3) is 4.99. The van der Waals surface area contributed by atoms with Crippen LogP contribution in [0.1, 0.15) is 43.9 Å². The summed E-state index contributed by atoms with van der Waals surface area (Å²) in [4.78, 5) is 21.0. The highest BCUT2D eigenvalue weighted by atomic mass is 16.5. The molecule has 0 atom stereocenters. The predicted molar refractivity (Wildman–Crippen MR) is 113 cm³/mol. The van der Waals surface area contributed by atoms with Crippen LogP contribution in [0.15, 0.2) is 36.4 Å². The van der Waals surface area contributed by atoms with Crippen molar-refractivity contribution in [3.8, 4) is 17.4 Å². The molecule has 0 radical (unpaired) electrons. The number of nitrogens with one attached hydrogen (secondary N) is 1. The Bertz CT molecular complexity index is 991. The average Bonchev–Trinajstić information content (AvgIpc) is 3.02. The molecule has 3 aromatic rings. The molecule has 152 valence electrons. The highest BCUT2D eigenvalue weighted by Gasteiger charge is 2.14. The number of rotatable bonds is 7. The average molecular weight is 393 g/mol. The highest BCUT2D eigenvalue weighted by Crippen LogP contribution is 2.24. The molecule has 0 aliphatic rings. The molecule has 2 heterocycles. The molecule has 7 nitrogen and oxygen atoms in total. The van der Waals surface area contributed by atoms with Crippen LogP contribution in [0.4, 0.5) is 5.69 Å². The van der Waals surface area contributed by atoms with Crippen LogP contribution in [0.3, 0.4) is 0 Å². The van der Waals surface area contributed by atoms with Crippen molar-refractivity contribution in [3.63, 3.8) is 0 Å². The van der Waals surface area contributed by atoms with Gasteiger partial charge in [0.2, 0.25) is 11.8 Å². The first kappa shape index (κ1) is 20.5. The first-order chi connectivity index (χ1) is 13.9. The summed E-state index contributed by atoms with van der Waals surface area (Å²) in [6, 6.07) is 11.0. The summed E-state index contributed by atoms with van der Waals surface area (Å²) >= 11 is 0. The van der Waals surface area contributed by atoms with E-state index in [0.29, 0.717) is 23.3 Å². The molecule has 0 saturated heterocycles. The fourth-order valence-electron chi connectivity index (χ4n) is 3.18. The van der Waals surface area contributed by atoms with Crippen molar-refractivity contribution in [1.82, 2.24) is 19.7 Å². The van der Waals surface area contributed by atoms with Crippen molar-refractivity contribution in [2.45, 2.75) is 47.5 Å². The fourth-order valence-corrected chi connectivity index (χ4v) is 3.18. The number of anilines is 1. The van der Waals surface area contributed by atoms with Gasteiger partial charge in [0.15, 0.2) is 5.82 Å². The zero-order valence-electron chi connectivity index (χ0n) is 17.6. The maximum Gasteiger partial charge on any atom is 0.227 e. The Morgan fingerprint density at radius 3 is 2.34 bits per heavy atom. The number of carbonyl (C=O) groups excluding carboxylic acids is 1. The number of hydrogen-bond acceptors (Lipinski definition) is 5. The van der Waals surface area contributed by atoms with Gasteiger partial charge in [-0.2, -0.15) is 10.1 Å². The van der Waals surface area contributed by atoms with Crippen molar-refractivity contribution < 1.29 is 9.53 Å². The number of aromatic nitrogens is 4. The number of hydrogen-bond donors (Lipinski definition) is 1. The maximum atomic E-state index is 12.2. The van der Waals surface area contributed by atoms with Crippen LogP contribution in [0.5, 0.6) is 11.6 Å². The Balaban J connectivity index is 1.75. The molecule has 0 bridgehead atoms. The summed E-state index contributed by atoms with van der Waals surface area (Å²) < 4.78 is 7.68. The van der Waals surface area contributed by atoms with E-state index < -0.39 is 0 Å². The Morgan fingerprint density at radius 2 is 1.76 bits per heavy atom. The summed E-state index contributed by atoms with van der Waals surface area (Å²) in [5, 5.41) is 7.42. The van der Waals surface area contributed by atoms with Crippen LogP contribution in [0.2, 0.25) is 0 Å². The minimum absolute atomic E-state index is 0.0303. The lowest BCUT2D eigenvalue weighted by atomic mass is 10.0. The molecule has 0 fully saturated rings. The molecule has 1 aromatic carbocycles. The summed E-state index contributed by atoms with van der Waals surface area (Å²) in [5.74, 6) is 2.40. The third-order valence-electron chi connectivity index (χ3n) is 4.73. The lowest BCUT2D eigenvalue weighted by Gasteiger charge is -2.13. The topological polar surface area (TPSA) is 81.9 Å². The van der Waals surface area contributed by atoms with E-state index in [-0.39, 0.29) is 11.8 Å². The zero-order chi connectivity index (χ0) is 21.0. The van der Waals surface area contributed by atoms with Gasteiger partial charge in [0.05, 0.1) is 5.69 Å². The van der Waals surface area contributed by atoms with Crippen LogP contribution in [0, 0.1) is 26.7 Å². The Hall–Kier alpha value is -3.22. The minimum Gasteiger partial charge on any atom is -0.439 e. The van der Waals surface area contributed by atoms with Crippen LogP contribution in [-0.2, 0) is 4.79 Å². The molecule has 2 aromatic heterocycles. The second-order valence-electron chi connectivity index (χ2n) is 7.08. The second kappa shape index (κ2) is 8.86. The molecule has 1 amide bonds. The van der Waals surface area contributed by atoms with Gasteiger partial charge < -0.3 is 10.1 Å². The van der Waals surface area contributed by atoms with E-state index in [1.54, 1.807) is 10.7 Å². The summed E-state index contributed by atoms with van der Waals surface area (Å²) in [5.41, 5.74) is 2.66. The van der Waals surface area contributed by atoms with Crippen molar-refractivity contribution in [1.29, 1.82) is 0 Å². The summed E-state index contributed by atoms with van der Waals surface area (Å²) in [7, 11) is 0. The standard InChI is InChI=1S/C22H27N5O2/c1-6-17(7-2)22(28)25-18-8-10-19(11-9-18)29-21-13-20(23-16(5)24-21)27-15(4)12-14(3)26-27/h8-13,17H,6-7H2,1-5H3,(H,25,28). The second-order valence-corrected chi connectivity index (χ2v) is 7.08. The molecule has 0 spiro atoms. The van der Waals surface area contributed by atoms with Gasteiger partial charge in [0, 0.05) is 23.4 Å². The SMILES string of the molecule is CCC(CC)C(=O)Nc1ccc(Oc2cc(-n3nc(C)cc3C)nc(C)n2)cc1. The molecule has 0 unspecified atom stereocenters. The highest BCUT2D eigenvalue weighted by molar-refractivity contribution is 5.92. The normalized spacial score (nSPS) is 11.0. The number of aryl methyl sites for hydroxylation is 3. The van der Waals surface area contributed by atoms with Crippen molar-refractivity contribution in [2.24, 2.45) is 5.92 Å². The van der Waals surface area contributed by atoms with E-state index in [0.717, 1.165) is 29.9 Å². The molecule has 3 rings (SSSR count). The molecule has 0 aliphatic carbocycles. The Kier molecular flexibility index (Phi) is 6.26. The van der Waals surface area contributed by atoms with E-state index in [1.807, 2.05) is 65.0 Å². The van der Waals surface area contributed by atoms with Crippen LogP contribution in [-0.4, -0.2) is 25.7 Å². The van der Waals surface area contributed by atoms with Crippen molar-refractivity contribution in [3.05, 3.63) is 53.6 Å². The smallest absolute Gasteiger partial charge is 0.227 e. The van der Waals surface area contributed by atoms with Crippen molar-refractivity contribution >= 4 is 11.6 Å². The number of nitrogens with zero attached hydrogens (tertiary/aromatic N) is 4. The van der Waals surface area contributed by atoms with Gasteiger partial charge in [-0.15, -0.1) is 0 Å². The lowest BCUT2D eigenvalue weighted by molar-refractivity contribution is -0.120.